The summed E-state index contributed by atoms with van der Waals surface area (Å²) in [6.07, 6.45) is 0.527. The van der Waals surface area contributed by atoms with Gasteiger partial charge in [0.05, 0.1) is 12.2 Å². The Balaban J connectivity index is 1.40. The zero-order valence-corrected chi connectivity index (χ0v) is 20.5. The van der Waals surface area contributed by atoms with Crippen LogP contribution in [-0.4, -0.2) is 40.5 Å². The van der Waals surface area contributed by atoms with Gasteiger partial charge in [-0.3, -0.25) is 0 Å². The molecule has 0 aliphatic carbocycles. The molecule has 5 N–H and O–H groups in total. The maximum atomic E-state index is 10.4. The number of phenolic OH excluding ortho intramolecular Hbond substituents is 1. The maximum Gasteiger partial charge on any atom is 0.115 e. The van der Waals surface area contributed by atoms with E-state index in [0.717, 1.165) is 24.0 Å². The van der Waals surface area contributed by atoms with Crippen molar-refractivity contribution in [2.75, 3.05) is 13.1 Å². The maximum absolute atomic E-state index is 10.4. The van der Waals surface area contributed by atoms with Crippen LogP contribution in [0.1, 0.15) is 48.3 Å². The smallest absolute Gasteiger partial charge is 0.115 e. The highest BCUT2D eigenvalue weighted by Crippen LogP contribution is 2.18. The summed E-state index contributed by atoms with van der Waals surface area (Å²) in [5, 5.41) is 37.5. The minimum absolute atomic E-state index is 0.195. The molecule has 0 spiro atoms. The van der Waals surface area contributed by atoms with E-state index in [1.807, 2.05) is 12.1 Å². The van der Waals surface area contributed by atoms with Crippen LogP contribution in [0.25, 0.3) is 0 Å². The van der Waals surface area contributed by atoms with Crippen molar-refractivity contribution >= 4 is 11.6 Å². The standard InChI is InChI=1S/C28H35ClN2O3/c1-19(30-17-27(33)23-10-12-26(32)13-11-23)14-21-6-8-22(9-7-21)15-20(2)31-18-28(34)24-4-3-5-25(29)16-24/h3-13,16,19-20,27-28,30-34H,14-15,17-18H2,1-2H3/t19-,20-,27+,28+/m1/s1. The first-order valence-electron chi connectivity index (χ1n) is 11.7. The number of rotatable bonds is 12. The SMILES string of the molecule is C[C@H](Cc1ccc(C[C@@H](C)NC[C@H](O)c2cccc(Cl)c2)cc1)NC[C@H](O)c1ccc(O)cc1. The predicted octanol–water partition coefficient (Wildman–Crippen LogP) is 4.55. The summed E-state index contributed by atoms with van der Waals surface area (Å²) in [4.78, 5) is 0. The van der Waals surface area contributed by atoms with Gasteiger partial charge in [-0.2, -0.15) is 0 Å². The van der Waals surface area contributed by atoms with Gasteiger partial charge in [0, 0.05) is 30.2 Å². The van der Waals surface area contributed by atoms with E-state index in [4.69, 9.17) is 11.6 Å². The molecule has 4 atom stereocenters. The van der Waals surface area contributed by atoms with Crippen LogP contribution < -0.4 is 10.6 Å². The van der Waals surface area contributed by atoms with E-state index in [-0.39, 0.29) is 17.8 Å². The van der Waals surface area contributed by atoms with E-state index in [1.54, 1.807) is 36.4 Å². The van der Waals surface area contributed by atoms with Crippen LogP contribution in [0, 0.1) is 0 Å². The van der Waals surface area contributed by atoms with Gasteiger partial charge >= 0.3 is 0 Å². The van der Waals surface area contributed by atoms with Crippen molar-refractivity contribution in [3.63, 3.8) is 0 Å². The molecule has 0 radical (unpaired) electrons. The summed E-state index contributed by atoms with van der Waals surface area (Å²) in [6, 6.07) is 23.0. The third-order valence-corrected chi connectivity index (χ3v) is 6.17. The fraction of sp³-hybridized carbons (Fsp3) is 0.357. The summed E-state index contributed by atoms with van der Waals surface area (Å²) in [5.41, 5.74) is 4.07. The summed E-state index contributed by atoms with van der Waals surface area (Å²) < 4.78 is 0. The number of phenols is 1. The van der Waals surface area contributed by atoms with Crippen LogP contribution in [0.15, 0.2) is 72.8 Å². The Kier molecular flexibility index (Phi) is 9.93. The molecule has 34 heavy (non-hydrogen) atoms. The van der Waals surface area contributed by atoms with Crippen molar-refractivity contribution in [1.82, 2.24) is 10.6 Å². The molecule has 0 fully saturated rings. The Hall–Kier alpha value is -2.41. The molecule has 3 rings (SSSR count). The fourth-order valence-corrected chi connectivity index (χ4v) is 4.13. The number of aliphatic hydroxyl groups excluding tert-OH is 2. The average Bonchev–Trinajstić information content (AvgIpc) is 2.82. The predicted molar refractivity (Wildman–Crippen MR) is 138 cm³/mol. The van der Waals surface area contributed by atoms with E-state index >= 15 is 0 Å². The molecule has 3 aromatic rings. The Labute approximate surface area is 207 Å². The zero-order chi connectivity index (χ0) is 24.5. The number of benzene rings is 3. The third-order valence-electron chi connectivity index (χ3n) is 5.94. The van der Waals surface area contributed by atoms with Crippen LogP contribution in [-0.2, 0) is 12.8 Å². The van der Waals surface area contributed by atoms with Crippen LogP contribution in [0.5, 0.6) is 5.75 Å². The van der Waals surface area contributed by atoms with Gasteiger partial charge in [0.25, 0.3) is 0 Å². The van der Waals surface area contributed by atoms with Crippen LogP contribution >= 0.6 is 11.6 Å². The van der Waals surface area contributed by atoms with E-state index in [1.165, 1.54) is 11.1 Å². The van der Waals surface area contributed by atoms with Crippen molar-refractivity contribution in [2.45, 2.75) is 51.0 Å². The van der Waals surface area contributed by atoms with Crippen LogP contribution in [0.3, 0.4) is 0 Å². The van der Waals surface area contributed by atoms with Gasteiger partial charge in [0.2, 0.25) is 0 Å². The Bertz CT molecular complexity index is 1010. The minimum Gasteiger partial charge on any atom is -0.508 e. The average molecular weight is 483 g/mol. The third kappa shape index (κ3) is 8.42. The van der Waals surface area contributed by atoms with Gasteiger partial charge in [0.15, 0.2) is 0 Å². The molecule has 0 unspecified atom stereocenters. The number of hydrogen-bond donors (Lipinski definition) is 5. The lowest BCUT2D eigenvalue weighted by Gasteiger charge is -2.19. The molecule has 0 heterocycles. The molecular weight excluding hydrogens is 448 g/mol. The van der Waals surface area contributed by atoms with Gasteiger partial charge in [-0.05, 0) is 73.2 Å². The molecule has 0 aromatic heterocycles. The molecule has 182 valence electrons. The number of halogens is 1. The van der Waals surface area contributed by atoms with E-state index < -0.39 is 12.2 Å². The molecule has 0 aliphatic heterocycles. The van der Waals surface area contributed by atoms with Gasteiger partial charge in [0.1, 0.15) is 5.75 Å². The molecule has 6 heteroatoms. The summed E-state index contributed by atoms with van der Waals surface area (Å²) in [5.74, 6) is 0.195. The molecular formula is C28H35ClN2O3. The van der Waals surface area contributed by atoms with Crippen molar-refractivity contribution in [3.8, 4) is 5.75 Å². The van der Waals surface area contributed by atoms with Crippen molar-refractivity contribution in [1.29, 1.82) is 0 Å². The zero-order valence-electron chi connectivity index (χ0n) is 19.8. The summed E-state index contributed by atoms with van der Waals surface area (Å²) in [7, 11) is 0. The second kappa shape index (κ2) is 12.9. The fourth-order valence-electron chi connectivity index (χ4n) is 3.93. The number of hydrogen-bond acceptors (Lipinski definition) is 5. The highest BCUT2D eigenvalue weighted by atomic mass is 35.5. The lowest BCUT2D eigenvalue weighted by molar-refractivity contribution is 0.170. The van der Waals surface area contributed by atoms with Gasteiger partial charge < -0.3 is 26.0 Å². The molecule has 3 aromatic carbocycles. The first-order valence-corrected chi connectivity index (χ1v) is 12.1. The Morgan fingerprint density at radius 1 is 0.706 bits per heavy atom. The second-order valence-corrected chi connectivity index (χ2v) is 9.46. The molecule has 0 aliphatic rings. The van der Waals surface area contributed by atoms with Crippen LogP contribution in [0.2, 0.25) is 5.02 Å². The molecule has 0 saturated heterocycles. The Morgan fingerprint density at radius 3 is 1.71 bits per heavy atom. The lowest BCUT2D eigenvalue weighted by atomic mass is 10.0. The Morgan fingerprint density at radius 2 is 1.21 bits per heavy atom. The summed E-state index contributed by atoms with van der Waals surface area (Å²) in [6.45, 7) is 5.14. The molecule has 0 amide bonds. The van der Waals surface area contributed by atoms with Gasteiger partial charge in [-0.15, -0.1) is 0 Å². The van der Waals surface area contributed by atoms with E-state index in [0.29, 0.717) is 18.1 Å². The number of nitrogens with one attached hydrogen (secondary N) is 2. The van der Waals surface area contributed by atoms with E-state index in [2.05, 4.69) is 48.7 Å². The first-order chi connectivity index (χ1) is 16.3. The number of aromatic hydroxyl groups is 1. The molecule has 0 saturated carbocycles. The van der Waals surface area contributed by atoms with Crippen molar-refractivity contribution < 1.29 is 15.3 Å². The largest absolute Gasteiger partial charge is 0.508 e. The number of aliphatic hydroxyl groups is 2. The highest BCUT2D eigenvalue weighted by Gasteiger charge is 2.12. The molecule has 0 bridgehead atoms. The normalized spacial score (nSPS) is 15.0. The van der Waals surface area contributed by atoms with Crippen molar-refractivity contribution in [2.24, 2.45) is 0 Å². The van der Waals surface area contributed by atoms with Crippen molar-refractivity contribution in [3.05, 3.63) is 100 Å². The topological polar surface area (TPSA) is 84.8 Å². The lowest BCUT2D eigenvalue weighted by Crippen LogP contribution is -2.32. The monoisotopic (exact) mass is 482 g/mol. The highest BCUT2D eigenvalue weighted by molar-refractivity contribution is 6.30. The van der Waals surface area contributed by atoms with Crippen LogP contribution in [0.4, 0.5) is 0 Å². The van der Waals surface area contributed by atoms with Gasteiger partial charge in [-0.1, -0.05) is 60.1 Å². The molecule has 5 nitrogen and oxygen atoms in total. The first kappa shape index (κ1) is 26.2. The van der Waals surface area contributed by atoms with Gasteiger partial charge in [-0.25, -0.2) is 0 Å². The minimum atomic E-state index is -0.614. The van der Waals surface area contributed by atoms with E-state index in [9.17, 15) is 15.3 Å². The second-order valence-electron chi connectivity index (χ2n) is 9.02. The summed E-state index contributed by atoms with van der Waals surface area (Å²) >= 11 is 6.01. The quantitative estimate of drug-likeness (QED) is 0.261.